The summed E-state index contributed by atoms with van der Waals surface area (Å²) in [7, 11) is -3.91. The minimum atomic E-state index is -3.91. The van der Waals surface area contributed by atoms with Gasteiger partial charge in [-0.15, -0.1) is 0 Å². The zero-order valence-electron chi connectivity index (χ0n) is 8.13. The van der Waals surface area contributed by atoms with E-state index in [1.165, 1.54) is 0 Å². The lowest BCUT2D eigenvalue weighted by Gasteiger charge is -2.24. The Morgan fingerprint density at radius 2 is 2.21 bits per heavy atom. The third kappa shape index (κ3) is 3.16. The van der Waals surface area contributed by atoms with Crippen molar-refractivity contribution in [3.8, 4) is 0 Å². The predicted molar refractivity (Wildman–Crippen MR) is 55.5 cm³/mol. The molecule has 0 saturated carbocycles. The maximum Gasteiger partial charge on any atom is 0.269 e. The highest BCUT2D eigenvalue weighted by molar-refractivity contribution is 7.86. The van der Waals surface area contributed by atoms with Gasteiger partial charge in [-0.25, -0.2) is 0 Å². The summed E-state index contributed by atoms with van der Waals surface area (Å²) in [5.41, 5.74) is 0. The van der Waals surface area contributed by atoms with Crippen LogP contribution in [0.2, 0.25) is 0 Å². The molecule has 1 unspecified atom stereocenters. The molecule has 1 rings (SSSR count). The number of allylic oxidation sites excluding steroid dienone is 2. The number of nitrogens with zero attached hydrogens (tertiary/aromatic N) is 1. The summed E-state index contributed by atoms with van der Waals surface area (Å²) >= 11 is 0. The second-order valence-electron chi connectivity index (χ2n) is 3.27. The fourth-order valence-electron chi connectivity index (χ4n) is 1.34. The normalized spacial score (nSPS) is 18.6. The summed E-state index contributed by atoms with van der Waals surface area (Å²) in [6.45, 7) is 2.79. The topological polar surface area (TPSA) is 57.6 Å². The fraction of sp³-hybridized carbons (Fsp3) is 0.556. The molecule has 0 aromatic rings. The first-order valence-electron chi connectivity index (χ1n) is 4.57. The van der Waals surface area contributed by atoms with Crippen molar-refractivity contribution in [3.05, 3.63) is 24.4 Å². The monoisotopic (exact) mass is 217 g/mol. The Labute approximate surface area is 84.7 Å². The molecule has 4 nitrogen and oxygen atoms in total. The summed E-state index contributed by atoms with van der Waals surface area (Å²) in [5, 5.41) is -0.696. The van der Waals surface area contributed by atoms with E-state index in [1.54, 1.807) is 6.92 Å². The molecule has 1 aliphatic rings. The predicted octanol–water partition coefficient (Wildman–Crippen LogP) is 1.04. The van der Waals surface area contributed by atoms with Crippen molar-refractivity contribution in [2.75, 3.05) is 13.1 Å². The van der Waals surface area contributed by atoms with E-state index in [9.17, 15) is 8.42 Å². The molecular weight excluding hydrogens is 202 g/mol. The molecule has 0 fully saturated rings. The smallest absolute Gasteiger partial charge is 0.269 e. The minimum Gasteiger partial charge on any atom is -0.372 e. The van der Waals surface area contributed by atoms with E-state index in [0.717, 1.165) is 0 Å². The zero-order valence-corrected chi connectivity index (χ0v) is 8.94. The molecular formula is C9H15NO3S. The molecule has 80 valence electrons. The third-order valence-corrected chi connectivity index (χ3v) is 3.52. The van der Waals surface area contributed by atoms with Crippen molar-refractivity contribution in [2.45, 2.75) is 18.6 Å². The van der Waals surface area contributed by atoms with Crippen molar-refractivity contribution in [3.63, 3.8) is 0 Å². The molecule has 1 atom stereocenters. The van der Waals surface area contributed by atoms with Crippen LogP contribution in [0, 0.1) is 0 Å². The van der Waals surface area contributed by atoms with Gasteiger partial charge >= 0.3 is 0 Å². The van der Waals surface area contributed by atoms with Crippen molar-refractivity contribution < 1.29 is 13.0 Å². The summed E-state index contributed by atoms with van der Waals surface area (Å²) in [5.74, 6) is 0. The first-order chi connectivity index (χ1) is 6.54. The van der Waals surface area contributed by atoms with Gasteiger partial charge in [0.25, 0.3) is 10.1 Å². The molecule has 0 spiro atoms. The van der Waals surface area contributed by atoms with Crippen LogP contribution in [0.5, 0.6) is 0 Å². The molecule has 14 heavy (non-hydrogen) atoms. The van der Waals surface area contributed by atoms with Gasteiger partial charge in [-0.3, -0.25) is 4.55 Å². The van der Waals surface area contributed by atoms with Crippen LogP contribution in [0.1, 0.15) is 13.3 Å². The first kappa shape index (κ1) is 11.3. The van der Waals surface area contributed by atoms with Gasteiger partial charge in [0.05, 0.1) is 0 Å². The Bertz CT molecular complexity index is 332. The zero-order chi connectivity index (χ0) is 10.6. The van der Waals surface area contributed by atoms with Crippen molar-refractivity contribution in [1.82, 2.24) is 4.90 Å². The maximum atomic E-state index is 10.9. The van der Waals surface area contributed by atoms with Crippen LogP contribution in [0.25, 0.3) is 0 Å². The molecule has 0 aromatic heterocycles. The minimum absolute atomic E-state index is 0.343. The molecule has 0 bridgehead atoms. The van der Waals surface area contributed by atoms with E-state index >= 15 is 0 Å². The Morgan fingerprint density at radius 1 is 1.50 bits per heavy atom. The lowest BCUT2D eigenvalue weighted by atomic mass is 10.3. The van der Waals surface area contributed by atoms with Crippen molar-refractivity contribution in [1.29, 1.82) is 0 Å². The highest BCUT2D eigenvalue weighted by Crippen LogP contribution is 2.08. The largest absolute Gasteiger partial charge is 0.372 e. The standard InChI is InChI=1S/C9H15NO3S/c1-2-9(14(11,12)13)8-10-6-4-3-5-7-10/h3-6,9H,2,7-8H2,1H3,(H,11,12,13). The van der Waals surface area contributed by atoms with Gasteiger partial charge in [0.15, 0.2) is 0 Å². The summed E-state index contributed by atoms with van der Waals surface area (Å²) < 4.78 is 30.8. The van der Waals surface area contributed by atoms with E-state index in [4.69, 9.17) is 4.55 Å². The lowest BCUT2D eigenvalue weighted by Crippen LogP contribution is -2.34. The lowest BCUT2D eigenvalue weighted by molar-refractivity contribution is 0.380. The molecule has 0 amide bonds. The summed E-state index contributed by atoms with van der Waals surface area (Å²) in [6.07, 6.45) is 7.95. The van der Waals surface area contributed by atoms with Crippen molar-refractivity contribution >= 4 is 10.1 Å². The average Bonchev–Trinajstić information content (AvgIpc) is 2.14. The quantitative estimate of drug-likeness (QED) is 0.715. The Kier molecular flexibility index (Phi) is 3.71. The van der Waals surface area contributed by atoms with Crippen molar-refractivity contribution in [2.24, 2.45) is 0 Å². The Hall–Kier alpha value is -0.810. The van der Waals surface area contributed by atoms with Gasteiger partial charge in [0.2, 0.25) is 0 Å². The van der Waals surface area contributed by atoms with Crippen LogP contribution in [-0.2, 0) is 10.1 Å². The second kappa shape index (κ2) is 4.61. The van der Waals surface area contributed by atoms with E-state index in [-0.39, 0.29) is 0 Å². The Morgan fingerprint density at radius 3 is 2.64 bits per heavy atom. The molecule has 1 heterocycles. The van der Waals surface area contributed by atoms with E-state index in [0.29, 0.717) is 19.5 Å². The second-order valence-corrected chi connectivity index (χ2v) is 4.97. The molecule has 1 aliphatic heterocycles. The molecule has 0 aliphatic carbocycles. The van der Waals surface area contributed by atoms with Crippen LogP contribution < -0.4 is 0 Å². The molecule has 5 heteroatoms. The van der Waals surface area contributed by atoms with Gasteiger partial charge in [0.1, 0.15) is 5.25 Å². The molecule has 0 aromatic carbocycles. The van der Waals surface area contributed by atoms with Crippen LogP contribution in [-0.4, -0.2) is 36.2 Å². The fourth-order valence-corrected chi connectivity index (χ4v) is 2.14. The number of hydrogen-bond acceptors (Lipinski definition) is 3. The van der Waals surface area contributed by atoms with Gasteiger partial charge in [0, 0.05) is 13.1 Å². The van der Waals surface area contributed by atoms with E-state index in [1.807, 2.05) is 29.3 Å². The Balaban J connectivity index is 2.57. The van der Waals surface area contributed by atoms with Gasteiger partial charge in [-0.05, 0) is 18.7 Å². The van der Waals surface area contributed by atoms with Crippen LogP contribution in [0.15, 0.2) is 24.4 Å². The SMILES string of the molecule is CCC(CN1C=CC=CC1)S(=O)(=O)O. The molecule has 0 radical (unpaired) electrons. The first-order valence-corrected chi connectivity index (χ1v) is 6.08. The average molecular weight is 217 g/mol. The van der Waals surface area contributed by atoms with Crippen LogP contribution in [0.3, 0.4) is 0 Å². The van der Waals surface area contributed by atoms with Gasteiger partial charge in [-0.1, -0.05) is 19.1 Å². The highest BCUT2D eigenvalue weighted by atomic mass is 32.2. The number of rotatable bonds is 4. The van der Waals surface area contributed by atoms with E-state index < -0.39 is 15.4 Å². The highest BCUT2D eigenvalue weighted by Gasteiger charge is 2.22. The van der Waals surface area contributed by atoms with Crippen LogP contribution in [0.4, 0.5) is 0 Å². The van der Waals surface area contributed by atoms with E-state index in [2.05, 4.69) is 0 Å². The van der Waals surface area contributed by atoms with Gasteiger partial charge in [-0.2, -0.15) is 8.42 Å². The third-order valence-electron chi connectivity index (χ3n) is 2.20. The molecule has 0 saturated heterocycles. The number of hydrogen-bond donors (Lipinski definition) is 1. The molecule has 1 N–H and O–H groups in total. The summed E-state index contributed by atoms with van der Waals surface area (Å²) in [6, 6.07) is 0. The van der Waals surface area contributed by atoms with Gasteiger partial charge < -0.3 is 4.90 Å². The van der Waals surface area contributed by atoms with Crippen LogP contribution >= 0.6 is 0 Å². The maximum absolute atomic E-state index is 10.9. The summed E-state index contributed by atoms with van der Waals surface area (Å²) in [4.78, 5) is 1.86.